The number of fused-ring (bicyclic) bond motifs is 3. The first-order chi connectivity index (χ1) is 11.3. The van der Waals surface area contributed by atoms with Crippen molar-refractivity contribution in [2.45, 2.75) is 38.4 Å². The van der Waals surface area contributed by atoms with Gasteiger partial charge in [-0.15, -0.1) is 0 Å². The molecule has 3 rings (SSSR count). The van der Waals surface area contributed by atoms with E-state index in [1.165, 1.54) is 0 Å². The highest BCUT2D eigenvalue weighted by Crippen LogP contribution is 2.36. The van der Waals surface area contributed by atoms with E-state index in [0.717, 1.165) is 18.7 Å². The zero-order valence-corrected chi connectivity index (χ0v) is 13.3. The SMILES string of the molecule is CCCC(=O)N1CCN2c3ncc(C(F)(F)F)cc3C(=O)C[C@H]2C1. The molecule has 0 bridgehead atoms. The highest BCUT2D eigenvalue weighted by Gasteiger charge is 2.39. The molecule has 0 aliphatic carbocycles. The Kier molecular flexibility index (Phi) is 4.23. The minimum atomic E-state index is -4.52. The lowest BCUT2D eigenvalue weighted by Gasteiger charge is -2.44. The normalized spacial score (nSPS) is 20.7. The van der Waals surface area contributed by atoms with E-state index >= 15 is 0 Å². The summed E-state index contributed by atoms with van der Waals surface area (Å²) in [6, 6.07) is 0.666. The van der Waals surface area contributed by atoms with Crippen molar-refractivity contribution in [1.82, 2.24) is 9.88 Å². The number of aromatic nitrogens is 1. The first kappa shape index (κ1) is 16.7. The lowest BCUT2D eigenvalue weighted by atomic mass is 9.94. The topological polar surface area (TPSA) is 53.5 Å². The number of piperazine rings is 1. The van der Waals surface area contributed by atoms with Crippen molar-refractivity contribution in [1.29, 1.82) is 0 Å². The van der Waals surface area contributed by atoms with Gasteiger partial charge >= 0.3 is 6.18 Å². The predicted molar refractivity (Wildman–Crippen MR) is 80.8 cm³/mol. The summed E-state index contributed by atoms with van der Waals surface area (Å²) in [5.74, 6) is -0.00254. The van der Waals surface area contributed by atoms with Gasteiger partial charge < -0.3 is 9.80 Å². The summed E-state index contributed by atoms with van der Waals surface area (Å²) in [5.41, 5.74) is -0.890. The number of anilines is 1. The van der Waals surface area contributed by atoms with Gasteiger partial charge in [0, 0.05) is 38.7 Å². The van der Waals surface area contributed by atoms with Crippen LogP contribution in [0.2, 0.25) is 0 Å². The predicted octanol–water partition coefficient (Wildman–Crippen LogP) is 2.50. The second-order valence-electron chi connectivity index (χ2n) is 6.16. The maximum atomic E-state index is 12.8. The number of carbonyl (C=O) groups excluding carboxylic acids is 2. The quantitative estimate of drug-likeness (QED) is 0.829. The molecule has 3 heterocycles. The molecule has 1 saturated heterocycles. The number of alkyl halides is 3. The third-order valence-electron chi connectivity index (χ3n) is 4.49. The summed E-state index contributed by atoms with van der Waals surface area (Å²) in [7, 11) is 0. The molecule has 1 amide bonds. The number of hydrogen-bond donors (Lipinski definition) is 0. The van der Waals surface area contributed by atoms with Gasteiger partial charge in [-0.05, 0) is 12.5 Å². The summed E-state index contributed by atoms with van der Waals surface area (Å²) in [5, 5.41) is 0. The van der Waals surface area contributed by atoms with E-state index in [-0.39, 0.29) is 29.7 Å². The van der Waals surface area contributed by atoms with Crippen molar-refractivity contribution in [2.24, 2.45) is 0 Å². The number of carbonyl (C=O) groups is 2. The van der Waals surface area contributed by atoms with Crippen LogP contribution < -0.4 is 4.90 Å². The van der Waals surface area contributed by atoms with Gasteiger partial charge in [0.2, 0.25) is 5.91 Å². The number of nitrogens with zero attached hydrogens (tertiary/aromatic N) is 3. The minimum absolute atomic E-state index is 0.0226. The van der Waals surface area contributed by atoms with Gasteiger partial charge in [0.05, 0.1) is 17.2 Å². The van der Waals surface area contributed by atoms with Crippen LogP contribution in [-0.4, -0.2) is 47.3 Å². The van der Waals surface area contributed by atoms with E-state index < -0.39 is 11.7 Å². The van der Waals surface area contributed by atoms with E-state index in [9.17, 15) is 22.8 Å². The summed E-state index contributed by atoms with van der Waals surface area (Å²) >= 11 is 0. The van der Waals surface area contributed by atoms with Crippen molar-refractivity contribution in [3.05, 3.63) is 23.4 Å². The van der Waals surface area contributed by atoms with E-state index in [0.29, 0.717) is 31.9 Å². The Bertz CT molecular complexity index is 675. The van der Waals surface area contributed by atoms with E-state index in [4.69, 9.17) is 0 Å². The molecule has 0 saturated carbocycles. The van der Waals surface area contributed by atoms with Crippen molar-refractivity contribution in [3.8, 4) is 0 Å². The molecule has 2 aliphatic rings. The van der Waals surface area contributed by atoms with Crippen molar-refractivity contribution < 1.29 is 22.8 Å². The molecule has 130 valence electrons. The third kappa shape index (κ3) is 2.97. The maximum Gasteiger partial charge on any atom is 0.417 e. The Morgan fingerprint density at radius 1 is 1.38 bits per heavy atom. The average Bonchev–Trinajstić information content (AvgIpc) is 2.53. The van der Waals surface area contributed by atoms with E-state index in [2.05, 4.69) is 4.98 Å². The maximum absolute atomic E-state index is 12.8. The zero-order valence-electron chi connectivity index (χ0n) is 13.3. The number of halogens is 3. The molecule has 8 heteroatoms. The van der Waals surface area contributed by atoms with Crippen LogP contribution in [0.5, 0.6) is 0 Å². The number of Topliss-reactive ketones (excluding diaryl/α,β-unsaturated/α-hetero) is 1. The minimum Gasteiger partial charge on any atom is -0.349 e. The Labute approximate surface area is 137 Å². The molecule has 0 unspecified atom stereocenters. The van der Waals surface area contributed by atoms with Crippen molar-refractivity contribution in [3.63, 3.8) is 0 Å². The molecule has 0 aromatic carbocycles. The van der Waals surface area contributed by atoms with Crippen LogP contribution in [-0.2, 0) is 11.0 Å². The van der Waals surface area contributed by atoms with Crippen LogP contribution in [0.3, 0.4) is 0 Å². The molecule has 1 aromatic rings. The molecule has 0 radical (unpaired) electrons. The van der Waals surface area contributed by atoms with Gasteiger partial charge in [-0.1, -0.05) is 6.92 Å². The number of pyridine rings is 1. The smallest absolute Gasteiger partial charge is 0.349 e. The van der Waals surface area contributed by atoms with Crippen LogP contribution in [0.15, 0.2) is 12.3 Å². The van der Waals surface area contributed by atoms with Crippen LogP contribution in [0, 0.1) is 0 Å². The summed E-state index contributed by atoms with van der Waals surface area (Å²) < 4.78 is 38.5. The van der Waals surface area contributed by atoms with Crippen molar-refractivity contribution in [2.75, 3.05) is 24.5 Å². The van der Waals surface area contributed by atoms with Gasteiger partial charge in [0.1, 0.15) is 5.82 Å². The highest BCUT2D eigenvalue weighted by atomic mass is 19.4. The van der Waals surface area contributed by atoms with Gasteiger partial charge in [0.15, 0.2) is 5.78 Å². The summed E-state index contributed by atoms with van der Waals surface area (Å²) in [6.45, 7) is 3.30. The fourth-order valence-electron chi connectivity index (χ4n) is 3.28. The second kappa shape index (κ2) is 6.07. The van der Waals surface area contributed by atoms with Crippen LogP contribution in [0.4, 0.5) is 19.0 Å². The first-order valence-corrected chi connectivity index (χ1v) is 7.96. The van der Waals surface area contributed by atoms with Gasteiger partial charge in [-0.2, -0.15) is 13.2 Å². The molecule has 1 aromatic heterocycles. The van der Waals surface area contributed by atoms with Crippen LogP contribution in [0.1, 0.15) is 42.1 Å². The van der Waals surface area contributed by atoms with Crippen LogP contribution >= 0.6 is 0 Å². The Morgan fingerprint density at radius 3 is 2.79 bits per heavy atom. The monoisotopic (exact) mass is 341 g/mol. The largest absolute Gasteiger partial charge is 0.417 e. The summed E-state index contributed by atoms with van der Waals surface area (Å²) in [6.07, 6.45) is -2.43. The molecule has 24 heavy (non-hydrogen) atoms. The van der Waals surface area contributed by atoms with Crippen LogP contribution in [0.25, 0.3) is 0 Å². The van der Waals surface area contributed by atoms with Gasteiger partial charge in [-0.3, -0.25) is 9.59 Å². The van der Waals surface area contributed by atoms with Crippen molar-refractivity contribution >= 4 is 17.5 Å². The molecule has 5 nitrogen and oxygen atoms in total. The number of amides is 1. The zero-order chi connectivity index (χ0) is 17.5. The average molecular weight is 341 g/mol. The standard InChI is InChI=1S/C16H18F3N3O2/c1-2-3-14(24)21-4-5-22-11(9-21)7-13(23)12-6-10(16(17,18)19)8-20-15(12)22/h6,8,11H,2-5,7,9H2,1H3/t11-/m0/s1. The van der Waals surface area contributed by atoms with Gasteiger partial charge in [-0.25, -0.2) is 4.98 Å². The highest BCUT2D eigenvalue weighted by molar-refractivity contribution is 6.03. The Morgan fingerprint density at radius 2 is 2.12 bits per heavy atom. The molecule has 0 N–H and O–H groups in total. The van der Waals surface area contributed by atoms with E-state index in [1.54, 1.807) is 4.90 Å². The van der Waals surface area contributed by atoms with E-state index in [1.807, 2.05) is 11.8 Å². The molecule has 1 fully saturated rings. The number of rotatable bonds is 2. The Balaban J connectivity index is 1.86. The second-order valence-corrected chi connectivity index (χ2v) is 6.16. The fourth-order valence-corrected chi connectivity index (χ4v) is 3.28. The number of ketones is 1. The molecular weight excluding hydrogens is 323 g/mol. The lowest BCUT2D eigenvalue weighted by molar-refractivity contribution is -0.138. The third-order valence-corrected chi connectivity index (χ3v) is 4.49. The summed E-state index contributed by atoms with van der Waals surface area (Å²) in [4.78, 5) is 31.8. The number of hydrogen-bond acceptors (Lipinski definition) is 4. The van der Waals surface area contributed by atoms with Gasteiger partial charge in [0.25, 0.3) is 0 Å². The lowest BCUT2D eigenvalue weighted by Crippen LogP contribution is -2.57. The fraction of sp³-hybridized carbons (Fsp3) is 0.562. The molecule has 1 atom stereocenters. The molecular formula is C16H18F3N3O2. The molecule has 2 aliphatic heterocycles. The molecule has 0 spiro atoms. The first-order valence-electron chi connectivity index (χ1n) is 7.96. The Hall–Kier alpha value is -2.12.